The van der Waals surface area contributed by atoms with Gasteiger partial charge in [0, 0.05) is 21.6 Å². The second kappa shape index (κ2) is 6.88. The molecule has 2 nitrogen and oxygen atoms in total. The summed E-state index contributed by atoms with van der Waals surface area (Å²) in [6.45, 7) is 2.81. The summed E-state index contributed by atoms with van der Waals surface area (Å²) in [6, 6.07) is 16.4. The van der Waals surface area contributed by atoms with Gasteiger partial charge in [-0.15, -0.1) is 11.8 Å². The Kier molecular flexibility index (Phi) is 4.89. The molecule has 114 valence electrons. The van der Waals surface area contributed by atoms with Crippen LogP contribution in [0.5, 0.6) is 0 Å². The lowest BCUT2D eigenvalue weighted by atomic mass is 10.0. The van der Waals surface area contributed by atoms with Crippen molar-refractivity contribution in [2.45, 2.75) is 29.9 Å². The van der Waals surface area contributed by atoms with Gasteiger partial charge in [0.05, 0.1) is 5.25 Å². The van der Waals surface area contributed by atoms with E-state index in [4.69, 9.17) is 0 Å². The van der Waals surface area contributed by atoms with Crippen LogP contribution in [-0.4, -0.2) is 17.7 Å². The molecule has 1 amide bonds. The number of fused-ring (bicyclic) bond motifs is 1. The topological polar surface area (TPSA) is 20.3 Å². The van der Waals surface area contributed by atoms with Crippen LogP contribution in [0, 0.1) is 0 Å². The van der Waals surface area contributed by atoms with Crippen LogP contribution in [0.25, 0.3) is 0 Å². The number of nitrogens with zero attached hydrogens (tertiary/aromatic N) is 1. The van der Waals surface area contributed by atoms with Gasteiger partial charge < -0.3 is 4.90 Å². The van der Waals surface area contributed by atoms with Crippen LogP contribution in [0.2, 0.25) is 0 Å². The lowest BCUT2D eigenvalue weighted by Crippen LogP contribution is -2.40. The molecule has 0 fully saturated rings. The zero-order valence-corrected chi connectivity index (χ0v) is 14.9. The lowest BCUT2D eigenvalue weighted by molar-refractivity contribution is -0.117. The predicted octanol–water partition coefficient (Wildman–Crippen LogP) is 4.91. The van der Waals surface area contributed by atoms with Gasteiger partial charge in [-0.25, -0.2) is 0 Å². The molecule has 4 heteroatoms. The van der Waals surface area contributed by atoms with Gasteiger partial charge in [0.25, 0.3) is 0 Å². The fourth-order valence-electron chi connectivity index (χ4n) is 2.75. The van der Waals surface area contributed by atoms with E-state index in [0.29, 0.717) is 0 Å². The quantitative estimate of drug-likeness (QED) is 0.710. The highest BCUT2D eigenvalue weighted by Crippen LogP contribution is 2.31. The Hall–Kier alpha value is -1.26. The molecule has 0 saturated heterocycles. The van der Waals surface area contributed by atoms with Crippen LogP contribution < -0.4 is 4.90 Å². The van der Waals surface area contributed by atoms with Crippen LogP contribution in [0.3, 0.4) is 0 Å². The van der Waals surface area contributed by atoms with Gasteiger partial charge in [-0.1, -0.05) is 34.1 Å². The number of carbonyl (C=O) groups excluding carboxylic acids is 1. The predicted molar refractivity (Wildman–Crippen MR) is 96.6 cm³/mol. The standard InChI is InChI=1S/C18H18BrNOS/c1-13(22-16-10-8-15(19)9-11-16)18(21)20-12-4-6-14-5-2-3-7-17(14)20/h2-3,5,7-11,13H,4,6,12H2,1H3. The number of hydrogen-bond donors (Lipinski definition) is 0. The van der Waals surface area contributed by atoms with Crippen molar-refractivity contribution in [2.75, 3.05) is 11.4 Å². The van der Waals surface area contributed by atoms with Gasteiger partial charge >= 0.3 is 0 Å². The zero-order valence-electron chi connectivity index (χ0n) is 12.5. The minimum atomic E-state index is -0.0904. The van der Waals surface area contributed by atoms with E-state index in [2.05, 4.69) is 28.1 Å². The summed E-state index contributed by atoms with van der Waals surface area (Å²) in [7, 11) is 0. The second-order valence-electron chi connectivity index (χ2n) is 5.44. The molecule has 1 aliphatic heterocycles. The molecule has 22 heavy (non-hydrogen) atoms. The lowest BCUT2D eigenvalue weighted by Gasteiger charge is -2.31. The molecule has 0 aliphatic carbocycles. The maximum atomic E-state index is 12.8. The molecule has 0 saturated carbocycles. The Labute approximate surface area is 144 Å². The Bertz CT molecular complexity index is 671. The van der Waals surface area contributed by atoms with Crippen molar-refractivity contribution >= 4 is 39.3 Å². The van der Waals surface area contributed by atoms with Crippen molar-refractivity contribution in [3.8, 4) is 0 Å². The summed E-state index contributed by atoms with van der Waals surface area (Å²) < 4.78 is 1.06. The Morgan fingerprint density at radius 1 is 1.18 bits per heavy atom. The van der Waals surface area contributed by atoms with Gasteiger partial charge in [-0.2, -0.15) is 0 Å². The van der Waals surface area contributed by atoms with Crippen molar-refractivity contribution in [3.63, 3.8) is 0 Å². The summed E-state index contributed by atoms with van der Waals surface area (Å²) in [5.41, 5.74) is 2.37. The minimum absolute atomic E-state index is 0.0904. The van der Waals surface area contributed by atoms with Gasteiger partial charge in [0.15, 0.2) is 0 Å². The number of hydrogen-bond acceptors (Lipinski definition) is 2. The molecule has 1 unspecified atom stereocenters. The highest BCUT2D eigenvalue weighted by Gasteiger charge is 2.26. The molecule has 2 aromatic rings. The molecule has 0 N–H and O–H groups in total. The SMILES string of the molecule is CC(Sc1ccc(Br)cc1)C(=O)N1CCCc2ccccc21. The number of anilines is 1. The Balaban J connectivity index is 1.75. The highest BCUT2D eigenvalue weighted by molar-refractivity contribution is 9.10. The van der Waals surface area contributed by atoms with E-state index in [-0.39, 0.29) is 11.2 Å². The van der Waals surface area contributed by atoms with E-state index >= 15 is 0 Å². The number of benzene rings is 2. The fourth-order valence-corrected chi connectivity index (χ4v) is 3.94. The molecule has 3 rings (SSSR count). The average molecular weight is 376 g/mol. The van der Waals surface area contributed by atoms with Crippen LogP contribution in [0.1, 0.15) is 18.9 Å². The van der Waals surface area contributed by atoms with Crippen LogP contribution in [-0.2, 0) is 11.2 Å². The third kappa shape index (κ3) is 3.39. The number of para-hydroxylation sites is 1. The van der Waals surface area contributed by atoms with Gasteiger partial charge in [0.1, 0.15) is 0 Å². The van der Waals surface area contributed by atoms with Crippen molar-refractivity contribution in [2.24, 2.45) is 0 Å². The molecule has 0 spiro atoms. The maximum absolute atomic E-state index is 12.8. The van der Waals surface area contributed by atoms with Crippen molar-refractivity contribution in [3.05, 3.63) is 58.6 Å². The third-order valence-corrected chi connectivity index (χ3v) is 5.48. The molecular formula is C18H18BrNOS. The highest BCUT2D eigenvalue weighted by atomic mass is 79.9. The van der Waals surface area contributed by atoms with Crippen LogP contribution in [0.4, 0.5) is 5.69 Å². The summed E-state index contributed by atoms with van der Waals surface area (Å²) in [6.07, 6.45) is 2.10. The second-order valence-corrected chi connectivity index (χ2v) is 7.77. The molecule has 0 radical (unpaired) electrons. The number of aryl methyl sites for hydroxylation is 1. The van der Waals surface area contributed by atoms with Gasteiger partial charge in [0.2, 0.25) is 5.91 Å². The maximum Gasteiger partial charge on any atom is 0.240 e. The van der Waals surface area contributed by atoms with Crippen molar-refractivity contribution < 1.29 is 4.79 Å². The van der Waals surface area contributed by atoms with Gasteiger partial charge in [-0.3, -0.25) is 4.79 Å². The fraction of sp³-hybridized carbons (Fsp3) is 0.278. The Morgan fingerprint density at radius 3 is 2.68 bits per heavy atom. The normalized spacial score (nSPS) is 15.3. The number of thioether (sulfide) groups is 1. The first-order valence-electron chi connectivity index (χ1n) is 7.46. The van der Waals surface area contributed by atoms with Gasteiger partial charge in [-0.05, 0) is 55.7 Å². The molecule has 0 aromatic heterocycles. The molecule has 0 bridgehead atoms. The van der Waals surface area contributed by atoms with Crippen LogP contribution >= 0.6 is 27.7 Å². The number of rotatable bonds is 3. The third-order valence-electron chi connectivity index (χ3n) is 3.85. The van der Waals surface area contributed by atoms with E-state index in [0.717, 1.165) is 34.4 Å². The summed E-state index contributed by atoms with van der Waals surface area (Å²) in [4.78, 5) is 15.9. The van der Waals surface area contributed by atoms with E-state index in [9.17, 15) is 4.79 Å². The minimum Gasteiger partial charge on any atom is -0.311 e. The molecule has 2 aromatic carbocycles. The largest absolute Gasteiger partial charge is 0.311 e. The Morgan fingerprint density at radius 2 is 1.91 bits per heavy atom. The summed E-state index contributed by atoms with van der Waals surface area (Å²) >= 11 is 5.05. The molecular weight excluding hydrogens is 358 g/mol. The first-order chi connectivity index (χ1) is 10.6. The zero-order chi connectivity index (χ0) is 15.5. The van der Waals surface area contributed by atoms with Crippen LogP contribution in [0.15, 0.2) is 57.9 Å². The summed E-state index contributed by atoms with van der Waals surface area (Å²) in [5.74, 6) is 0.195. The first kappa shape index (κ1) is 15.6. The van der Waals surface area contributed by atoms with Crippen molar-refractivity contribution in [1.29, 1.82) is 0 Å². The summed E-state index contributed by atoms with van der Waals surface area (Å²) in [5, 5.41) is -0.0904. The van der Waals surface area contributed by atoms with E-state index in [1.54, 1.807) is 11.8 Å². The monoisotopic (exact) mass is 375 g/mol. The molecule has 1 heterocycles. The van der Waals surface area contributed by atoms with Crippen molar-refractivity contribution in [1.82, 2.24) is 0 Å². The number of halogens is 1. The number of amides is 1. The molecule has 1 atom stereocenters. The number of carbonyl (C=O) groups is 1. The van der Waals surface area contributed by atoms with E-state index in [1.807, 2.05) is 48.2 Å². The van der Waals surface area contributed by atoms with E-state index < -0.39 is 0 Å². The van der Waals surface area contributed by atoms with E-state index in [1.165, 1.54) is 5.56 Å². The average Bonchev–Trinajstić information content (AvgIpc) is 2.55. The first-order valence-corrected chi connectivity index (χ1v) is 9.14. The smallest absolute Gasteiger partial charge is 0.240 e. The molecule has 1 aliphatic rings.